The molecule has 0 aromatic heterocycles. The maximum absolute atomic E-state index is 2.70. The first kappa shape index (κ1) is 15.7. The van der Waals surface area contributed by atoms with Crippen LogP contribution in [-0.4, -0.2) is 8.07 Å². The molecule has 23 heavy (non-hydrogen) atoms. The standard InChI is InChI=1S/C22H32Si/c1-15-13-17-9-5-7-11-19(17)21(15)23(3,4)22-16(2)14-18-10-6-8-12-20(18)22/h13-14,21-22H,5-12H2,1-4H3/t21-,22+. The van der Waals surface area contributed by atoms with Crippen LogP contribution < -0.4 is 0 Å². The molecule has 0 saturated heterocycles. The third-order valence-corrected chi connectivity index (χ3v) is 11.6. The molecule has 0 fully saturated rings. The first-order valence-electron chi connectivity index (χ1n) is 9.80. The van der Waals surface area contributed by atoms with Crippen LogP contribution in [0.4, 0.5) is 0 Å². The number of hydrogen-bond acceptors (Lipinski definition) is 0. The lowest BCUT2D eigenvalue weighted by Gasteiger charge is -2.42. The van der Waals surface area contributed by atoms with Gasteiger partial charge in [-0.25, -0.2) is 0 Å². The van der Waals surface area contributed by atoms with Crippen LogP contribution in [0.5, 0.6) is 0 Å². The van der Waals surface area contributed by atoms with Crippen molar-refractivity contribution in [2.24, 2.45) is 0 Å². The van der Waals surface area contributed by atoms with Crippen LogP contribution in [0.3, 0.4) is 0 Å². The van der Waals surface area contributed by atoms with Crippen LogP contribution in [0, 0.1) is 0 Å². The van der Waals surface area contributed by atoms with Crippen molar-refractivity contribution in [3.63, 3.8) is 0 Å². The summed E-state index contributed by atoms with van der Waals surface area (Å²) in [6.07, 6.45) is 16.3. The molecular weight excluding hydrogens is 292 g/mol. The zero-order valence-corrected chi connectivity index (χ0v) is 16.5. The van der Waals surface area contributed by atoms with Gasteiger partial charge >= 0.3 is 0 Å². The van der Waals surface area contributed by atoms with Gasteiger partial charge < -0.3 is 0 Å². The second-order valence-electron chi connectivity index (χ2n) is 8.98. The lowest BCUT2D eigenvalue weighted by Crippen LogP contribution is -2.40. The van der Waals surface area contributed by atoms with Crippen molar-refractivity contribution < 1.29 is 0 Å². The smallest absolute Gasteiger partial charge is 0.0686 e. The van der Waals surface area contributed by atoms with E-state index in [1.54, 1.807) is 22.3 Å². The highest BCUT2D eigenvalue weighted by molar-refractivity contribution is 6.83. The summed E-state index contributed by atoms with van der Waals surface area (Å²) in [6.45, 7) is 10.3. The molecule has 0 amide bonds. The zero-order chi connectivity index (χ0) is 16.2. The van der Waals surface area contributed by atoms with E-state index in [-0.39, 0.29) is 0 Å². The quantitative estimate of drug-likeness (QED) is 0.475. The molecule has 4 rings (SSSR count). The first-order valence-corrected chi connectivity index (χ1v) is 13.0. The number of allylic oxidation sites excluding steroid dienone is 8. The molecule has 0 saturated carbocycles. The molecule has 0 radical (unpaired) electrons. The van der Waals surface area contributed by atoms with E-state index < -0.39 is 8.07 Å². The molecule has 124 valence electrons. The van der Waals surface area contributed by atoms with Gasteiger partial charge in [-0.2, -0.15) is 0 Å². The van der Waals surface area contributed by atoms with Gasteiger partial charge in [-0.05, 0) is 87.4 Å². The van der Waals surface area contributed by atoms with Crippen LogP contribution in [-0.2, 0) is 0 Å². The van der Waals surface area contributed by atoms with Crippen LogP contribution in [0.2, 0.25) is 24.2 Å². The molecule has 4 aliphatic rings. The first-order chi connectivity index (χ1) is 11.0. The summed E-state index contributed by atoms with van der Waals surface area (Å²) >= 11 is 0. The third kappa shape index (κ3) is 2.38. The maximum Gasteiger partial charge on any atom is 0.0713 e. The fourth-order valence-corrected chi connectivity index (χ4v) is 11.7. The summed E-state index contributed by atoms with van der Waals surface area (Å²) in [5.41, 5.74) is 12.2. The van der Waals surface area contributed by atoms with Crippen molar-refractivity contribution in [3.05, 3.63) is 45.6 Å². The van der Waals surface area contributed by atoms with Gasteiger partial charge in [0.1, 0.15) is 0 Å². The molecule has 0 unspecified atom stereocenters. The van der Waals surface area contributed by atoms with Crippen molar-refractivity contribution in [3.8, 4) is 0 Å². The molecule has 0 aromatic carbocycles. The minimum absolute atomic E-state index is 0.819. The SMILES string of the molecule is CC1=CC2=C(CCCC2)[C@@H]1[Si](C)(C)[C@H]1C(C)=CC2=C1CCCC2. The second-order valence-corrected chi connectivity index (χ2v) is 13.8. The Kier molecular flexibility index (Phi) is 3.83. The van der Waals surface area contributed by atoms with Gasteiger partial charge in [0.15, 0.2) is 0 Å². The van der Waals surface area contributed by atoms with Gasteiger partial charge in [0.05, 0.1) is 8.07 Å². The van der Waals surface area contributed by atoms with E-state index in [0.717, 1.165) is 11.1 Å². The van der Waals surface area contributed by atoms with Crippen LogP contribution >= 0.6 is 0 Å². The molecule has 0 N–H and O–H groups in total. The van der Waals surface area contributed by atoms with Crippen molar-refractivity contribution in [2.75, 3.05) is 0 Å². The summed E-state index contributed by atoms with van der Waals surface area (Å²) in [4.78, 5) is 0. The van der Waals surface area contributed by atoms with Crippen molar-refractivity contribution in [1.29, 1.82) is 0 Å². The summed E-state index contributed by atoms with van der Waals surface area (Å²) < 4.78 is 0. The minimum atomic E-state index is -1.43. The minimum Gasteiger partial charge on any atom is -0.0686 e. The molecular formula is C22H32Si. The fraction of sp³-hybridized carbons (Fsp3) is 0.636. The van der Waals surface area contributed by atoms with Gasteiger partial charge in [0.25, 0.3) is 0 Å². The van der Waals surface area contributed by atoms with Gasteiger partial charge in [-0.3, -0.25) is 0 Å². The molecule has 4 aliphatic carbocycles. The van der Waals surface area contributed by atoms with Crippen molar-refractivity contribution >= 4 is 8.07 Å². The van der Waals surface area contributed by atoms with Gasteiger partial charge in [0.2, 0.25) is 0 Å². The Morgan fingerprint density at radius 3 is 1.52 bits per heavy atom. The molecule has 0 aromatic rings. The van der Waals surface area contributed by atoms with Crippen LogP contribution in [0.15, 0.2) is 45.6 Å². The Hall–Kier alpha value is -0.823. The average Bonchev–Trinajstić information content (AvgIpc) is 3.02. The Morgan fingerprint density at radius 1 is 0.696 bits per heavy atom. The van der Waals surface area contributed by atoms with Gasteiger partial charge in [0, 0.05) is 0 Å². The largest absolute Gasteiger partial charge is 0.0713 e. The molecule has 1 heteroatoms. The van der Waals surface area contributed by atoms with Gasteiger partial charge in [-0.15, -0.1) is 0 Å². The predicted molar refractivity (Wildman–Crippen MR) is 103 cm³/mol. The molecule has 2 atom stereocenters. The highest BCUT2D eigenvalue weighted by Gasteiger charge is 2.48. The Labute approximate surface area is 143 Å². The highest BCUT2D eigenvalue weighted by Crippen LogP contribution is 2.58. The fourth-order valence-electron chi connectivity index (χ4n) is 6.40. The van der Waals surface area contributed by atoms with Crippen molar-refractivity contribution in [2.45, 2.75) is 89.4 Å². The van der Waals surface area contributed by atoms with E-state index in [1.165, 1.54) is 51.4 Å². The van der Waals surface area contributed by atoms with E-state index in [4.69, 9.17) is 0 Å². The van der Waals surface area contributed by atoms with E-state index in [1.807, 2.05) is 11.1 Å². The third-order valence-electron chi connectivity index (χ3n) is 7.01. The Bertz CT molecular complexity index is 597. The Balaban J connectivity index is 1.73. The summed E-state index contributed by atoms with van der Waals surface area (Å²) in [6, 6.07) is 0. The lowest BCUT2D eigenvalue weighted by atomic mass is 9.93. The van der Waals surface area contributed by atoms with Gasteiger partial charge in [-0.1, -0.05) is 47.5 Å². The number of hydrogen-bond donors (Lipinski definition) is 0. The van der Waals surface area contributed by atoms with E-state index in [9.17, 15) is 0 Å². The normalized spacial score (nSPS) is 31.1. The molecule has 0 spiro atoms. The number of rotatable bonds is 2. The summed E-state index contributed by atoms with van der Waals surface area (Å²) in [7, 11) is -1.43. The van der Waals surface area contributed by atoms with E-state index in [0.29, 0.717) is 0 Å². The van der Waals surface area contributed by atoms with Crippen LogP contribution in [0.1, 0.15) is 65.2 Å². The highest BCUT2D eigenvalue weighted by atomic mass is 28.3. The van der Waals surface area contributed by atoms with E-state index in [2.05, 4.69) is 39.1 Å². The Morgan fingerprint density at radius 2 is 1.09 bits per heavy atom. The van der Waals surface area contributed by atoms with E-state index >= 15 is 0 Å². The predicted octanol–water partition coefficient (Wildman–Crippen LogP) is 7.10. The topological polar surface area (TPSA) is 0 Å². The second kappa shape index (κ2) is 5.62. The summed E-state index contributed by atoms with van der Waals surface area (Å²) in [5, 5.41) is 0. The summed E-state index contributed by atoms with van der Waals surface area (Å²) in [5.74, 6) is 0. The molecule has 0 aliphatic heterocycles. The maximum atomic E-state index is 2.70. The monoisotopic (exact) mass is 324 g/mol. The average molecular weight is 325 g/mol. The molecule has 0 bridgehead atoms. The van der Waals surface area contributed by atoms with Crippen LogP contribution in [0.25, 0.3) is 0 Å². The zero-order valence-electron chi connectivity index (χ0n) is 15.5. The molecule has 0 heterocycles. The lowest BCUT2D eigenvalue weighted by molar-refractivity contribution is 0.666. The van der Waals surface area contributed by atoms with Crippen molar-refractivity contribution in [1.82, 2.24) is 0 Å². The molecule has 0 nitrogen and oxygen atoms in total.